The fourth-order valence-electron chi connectivity index (χ4n) is 3.99. The molecule has 0 fully saturated rings. The van der Waals surface area contributed by atoms with Gasteiger partial charge in [0.1, 0.15) is 6.10 Å². The molecule has 31 heavy (non-hydrogen) atoms. The zero-order valence-electron chi connectivity index (χ0n) is 21.7. The van der Waals surface area contributed by atoms with Crippen molar-refractivity contribution in [2.24, 2.45) is 23.7 Å². The zero-order chi connectivity index (χ0) is 24.0. The van der Waals surface area contributed by atoms with Crippen molar-refractivity contribution in [1.29, 1.82) is 0 Å². The largest absolute Gasteiger partial charge is 0.462 e. The molecule has 0 aromatic carbocycles. The Balaban J connectivity index is 5.33. The molecule has 0 aliphatic rings. The van der Waals surface area contributed by atoms with Gasteiger partial charge >= 0.3 is 5.97 Å². The minimum Gasteiger partial charge on any atom is -0.462 e. The third-order valence-corrected chi connectivity index (χ3v) is 6.37. The lowest BCUT2D eigenvalue weighted by atomic mass is 9.85. The first-order valence-electron chi connectivity index (χ1n) is 12.1. The lowest BCUT2D eigenvalue weighted by Gasteiger charge is -2.39. The van der Waals surface area contributed by atoms with Gasteiger partial charge < -0.3 is 18.9 Å². The fraction of sp³-hybridized carbons (Fsp3) is 0.885. The molecule has 5 nitrogen and oxygen atoms in total. The van der Waals surface area contributed by atoms with Crippen molar-refractivity contribution in [3.8, 4) is 0 Å². The van der Waals surface area contributed by atoms with Gasteiger partial charge in [-0.25, -0.2) is 0 Å². The van der Waals surface area contributed by atoms with Crippen LogP contribution < -0.4 is 0 Å². The van der Waals surface area contributed by atoms with Crippen LogP contribution in [0.3, 0.4) is 0 Å². The van der Waals surface area contributed by atoms with E-state index in [1.165, 1.54) is 0 Å². The summed E-state index contributed by atoms with van der Waals surface area (Å²) in [6, 6.07) is 0. The van der Waals surface area contributed by atoms with E-state index in [2.05, 4.69) is 41.2 Å². The Morgan fingerprint density at radius 1 is 1.03 bits per heavy atom. The normalized spacial score (nSPS) is 17.1. The Hall–Kier alpha value is -0.910. The van der Waals surface area contributed by atoms with E-state index in [1.807, 2.05) is 19.9 Å². The Bertz CT molecular complexity index is 486. The van der Waals surface area contributed by atoms with E-state index in [0.29, 0.717) is 12.3 Å². The molecule has 0 aromatic rings. The second-order valence-corrected chi connectivity index (χ2v) is 9.36. The summed E-state index contributed by atoms with van der Waals surface area (Å²) >= 11 is 0. The number of methoxy groups -OCH3 is 2. The van der Waals surface area contributed by atoms with E-state index in [9.17, 15) is 4.79 Å². The highest BCUT2D eigenvalue weighted by Crippen LogP contribution is 2.34. The molecule has 0 saturated carbocycles. The monoisotopic (exact) mass is 442 g/mol. The first-order chi connectivity index (χ1) is 14.6. The molecule has 0 amide bonds. The van der Waals surface area contributed by atoms with Gasteiger partial charge in [0, 0.05) is 33.2 Å². The maximum atomic E-state index is 12.3. The smallest absolute Gasteiger partial charge is 0.308 e. The standard InChI is InChI=1S/C26H50O5/c1-11-16-30-23(13-3)18-26(28-9,29-10)22(8)14-15-24(31-25(27)19(4)5)21(7)17-20(6)12-2/h12,19-24H,2,11,13-18H2,1,3-10H3. The Kier molecular flexibility index (Phi) is 15.4. The third kappa shape index (κ3) is 10.5. The van der Waals surface area contributed by atoms with Gasteiger partial charge in [0.05, 0.1) is 12.0 Å². The third-order valence-electron chi connectivity index (χ3n) is 6.37. The summed E-state index contributed by atoms with van der Waals surface area (Å²) in [6.45, 7) is 19.1. The lowest BCUT2D eigenvalue weighted by Crippen LogP contribution is -2.45. The van der Waals surface area contributed by atoms with E-state index in [-0.39, 0.29) is 35.9 Å². The molecule has 0 radical (unpaired) electrons. The summed E-state index contributed by atoms with van der Waals surface area (Å²) in [5, 5.41) is 0. The van der Waals surface area contributed by atoms with Crippen LogP contribution in [0.1, 0.15) is 87.0 Å². The van der Waals surface area contributed by atoms with Crippen molar-refractivity contribution in [3.63, 3.8) is 0 Å². The van der Waals surface area contributed by atoms with Gasteiger partial charge in [0.2, 0.25) is 0 Å². The molecule has 5 heteroatoms. The molecule has 0 rings (SSSR count). The van der Waals surface area contributed by atoms with Crippen LogP contribution in [-0.2, 0) is 23.7 Å². The molecule has 0 spiro atoms. The van der Waals surface area contributed by atoms with E-state index in [4.69, 9.17) is 18.9 Å². The number of carbonyl (C=O) groups excluding carboxylic acids is 1. The van der Waals surface area contributed by atoms with Gasteiger partial charge in [-0.1, -0.05) is 54.5 Å². The van der Waals surface area contributed by atoms with Crippen molar-refractivity contribution in [2.75, 3.05) is 20.8 Å². The molecule has 0 aromatic heterocycles. The second-order valence-electron chi connectivity index (χ2n) is 9.36. The maximum Gasteiger partial charge on any atom is 0.308 e. The van der Waals surface area contributed by atoms with Crippen LogP contribution in [0.25, 0.3) is 0 Å². The average molecular weight is 443 g/mol. The number of hydrogen-bond donors (Lipinski definition) is 0. The number of carbonyl (C=O) groups is 1. The van der Waals surface area contributed by atoms with Gasteiger partial charge in [-0.05, 0) is 43.9 Å². The van der Waals surface area contributed by atoms with Crippen molar-refractivity contribution in [1.82, 2.24) is 0 Å². The summed E-state index contributed by atoms with van der Waals surface area (Å²) in [4.78, 5) is 12.3. The SMILES string of the molecule is C=CC(C)CC(C)C(CCC(C)C(CC(CC)OCCC)(OC)OC)OC(=O)C(C)C. The lowest BCUT2D eigenvalue weighted by molar-refractivity contribution is -0.255. The maximum absolute atomic E-state index is 12.3. The predicted molar refractivity (Wildman–Crippen MR) is 128 cm³/mol. The van der Waals surface area contributed by atoms with Crippen molar-refractivity contribution in [2.45, 2.75) is 105 Å². The summed E-state index contributed by atoms with van der Waals surface area (Å²) in [5.41, 5.74) is 0. The highest BCUT2D eigenvalue weighted by molar-refractivity contribution is 5.71. The van der Waals surface area contributed by atoms with Gasteiger partial charge in [-0.3, -0.25) is 4.79 Å². The average Bonchev–Trinajstić information content (AvgIpc) is 2.76. The van der Waals surface area contributed by atoms with E-state index < -0.39 is 5.79 Å². The molecule has 184 valence electrons. The first-order valence-corrected chi connectivity index (χ1v) is 12.1. The first kappa shape index (κ1) is 30.1. The van der Waals surface area contributed by atoms with E-state index in [0.717, 1.165) is 38.7 Å². The van der Waals surface area contributed by atoms with Crippen LogP contribution >= 0.6 is 0 Å². The summed E-state index contributed by atoms with van der Waals surface area (Å²) in [7, 11) is 3.41. The topological polar surface area (TPSA) is 54.0 Å². The minimum atomic E-state index is -0.724. The molecule has 0 aliphatic carbocycles. The predicted octanol–water partition coefficient (Wildman–Crippen LogP) is 6.40. The van der Waals surface area contributed by atoms with Crippen LogP contribution in [0, 0.1) is 23.7 Å². The summed E-state index contributed by atoms with van der Waals surface area (Å²) in [6.07, 6.45) is 7.03. The van der Waals surface area contributed by atoms with Crippen molar-refractivity contribution < 1.29 is 23.7 Å². The molecule has 5 unspecified atom stereocenters. The quantitative estimate of drug-likeness (QED) is 0.140. The van der Waals surface area contributed by atoms with Gasteiger partial charge in [0.15, 0.2) is 5.79 Å². The summed E-state index contributed by atoms with van der Waals surface area (Å²) in [5.74, 6) is -0.254. The van der Waals surface area contributed by atoms with Crippen molar-refractivity contribution >= 4 is 5.97 Å². The Labute approximate surface area is 192 Å². The second kappa shape index (κ2) is 15.8. The molecule has 5 atom stereocenters. The number of rotatable bonds is 18. The van der Waals surface area contributed by atoms with Gasteiger partial charge in [-0.15, -0.1) is 6.58 Å². The van der Waals surface area contributed by atoms with Gasteiger partial charge in [0.25, 0.3) is 0 Å². The Morgan fingerprint density at radius 3 is 2.10 bits per heavy atom. The van der Waals surface area contributed by atoms with Crippen LogP contribution in [-0.4, -0.2) is 44.8 Å². The van der Waals surface area contributed by atoms with Gasteiger partial charge in [-0.2, -0.15) is 0 Å². The molecule has 0 N–H and O–H groups in total. The highest BCUT2D eigenvalue weighted by Gasteiger charge is 2.39. The fourth-order valence-corrected chi connectivity index (χ4v) is 3.99. The number of allylic oxidation sites excluding steroid dienone is 1. The van der Waals surface area contributed by atoms with Crippen LogP contribution in [0.4, 0.5) is 0 Å². The van der Waals surface area contributed by atoms with Crippen LogP contribution in [0.5, 0.6) is 0 Å². The highest BCUT2D eigenvalue weighted by atomic mass is 16.7. The summed E-state index contributed by atoms with van der Waals surface area (Å²) < 4.78 is 23.8. The molecule has 0 bridgehead atoms. The van der Waals surface area contributed by atoms with E-state index >= 15 is 0 Å². The van der Waals surface area contributed by atoms with Crippen LogP contribution in [0.15, 0.2) is 12.7 Å². The van der Waals surface area contributed by atoms with Crippen LogP contribution in [0.2, 0.25) is 0 Å². The Morgan fingerprint density at radius 2 is 1.65 bits per heavy atom. The molecule has 0 heterocycles. The molecular weight excluding hydrogens is 392 g/mol. The van der Waals surface area contributed by atoms with Crippen molar-refractivity contribution in [3.05, 3.63) is 12.7 Å². The number of hydrogen-bond acceptors (Lipinski definition) is 5. The zero-order valence-corrected chi connectivity index (χ0v) is 21.7. The number of ether oxygens (including phenoxy) is 4. The molecular formula is C26H50O5. The minimum absolute atomic E-state index is 0.0873. The molecule has 0 saturated heterocycles. The number of esters is 1. The van der Waals surface area contributed by atoms with E-state index in [1.54, 1.807) is 14.2 Å². The molecule has 0 aliphatic heterocycles.